The van der Waals surface area contributed by atoms with Crippen molar-refractivity contribution in [3.63, 3.8) is 0 Å². The molecule has 0 saturated heterocycles. The average Bonchev–Trinajstić information content (AvgIpc) is 2.91. The van der Waals surface area contributed by atoms with E-state index in [0.717, 1.165) is 4.31 Å². The van der Waals surface area contributed by atoms with Crippen molar-refractivity contribution in [3.8, 4) is 0 Å². The summed E-state index contributed by atoms with van der Waals surface area (Å²) in [5.41, 5.74) is 0.550. The van der Waals surface area contributed by atoms with E-state index in [4.69, 9.17) is 46.4 Å². The van der Waals surface area contributed by atoms with Gasteiger partial charge >= 0.3 is 0 Å². The zero-order valence-electron chi connectivity index (χ0n) is 22.1. The summed E-state index contributed by atoms with van der Waals surface area (Å²) in [6, 6.07) is 16.0. The third-order valence-corrected chi connectivity index (χ3v) is 9.19. The number of nitrogens with one attached hydrogen (secondary N) is 1. The van der Waals surface area contributed by atoms with Gasteiger partial charge in [-0.15, -0.1) is 0 Å². The maximum Gasteiger partial charge on any atom is 0.264 e. The minimum absolute atomic E-state index is 0.0211. The molecule has 0 aromatic heterocycles. The van der Waals surface area contributed by atoms with Gasteiger partial charge in [0.1, 0.15) is 12.6 Å². The number of hydrogen-bond acceptors (Lipinski definition) is 4. The molecule has 7 nitrogen and oxygen atoms in total. The third-order valence-electron chi connectivity index (χ3n) is 6.02. The maximum absolute atomic E-state index is 14.0. The Hall–Kier alpha value is -2.49. The maximum atomic E-state index is 14.0. The molecule has 0 spiro atoms. The van der Waals surface area contributed by atoms with Gasteiger partial charge < -0.3 is 10.2 Å². The van der Waals surface area contributed by atoms with Crippen molar-refractivity contribution in [2.45, 2.75) is 38.3 Å². The van der Waals surface area contributed by atoms with Crippen molar-refractivity contribution in [2.75, 3.05) is 17.4 Å². The van der Waals surface area contributed by atoms with E-state index in [1.165, 1.54) is 41.3 Å². The molecule has 0 bridgehead atoms. The lowest BCUT2D eigenvalue weighted by Crippen LogP contribution is -2.51. The van der Waals surface area contributed by atoms with Crippen LogP contribution in [-0.4, -0.2) is 44.3 Å². The first-order valence-corrected chi connectivity index (χ1v) is 15.3. The van der Waals surface area contributed by atoms with Gasteiger partial charge in [-0.2, -0.15) is 0 Å². The fraction of sp³-hybridized carbons (Fsp3) is 0.286. The molecular formula is C28H29Cl4N3O4S. The predicted molar refractivity (Wildman–Crippen MR) is 162 cm³/mol. The second-order valence-electron chi connectivity index (χ2n) is 9.47. The number of amides is 2. The number of carbonyl (C=O) groups is 2. The molecule has 0 aliphatic rings. The van der Waals surface area contributed by atoms with Gasteiger partial charge in [0.2, 0.25) is 11.8 Å². The van der Waals surface area contributed by atoms with Crippen LogP contribution < -0.4 is 9.62 Å². The first-order valence-electron chi connectivity index (χ1n) is 12.4. The summed E-state index contributed by atoms with van der Waals surface area (Å²) in [5.74, 6) is -0.873. The zero-order valence-corrected chi connectivity index (χ0v) is 25.9. The van der Waals surface area contributed by atoms with Crippen LogP contribution in [0.25, 0.3) is 0 Å². The monoisotopic (exact) mass is 643 g/mol. The Kier molecular flexibility index (Phi) is 11.1. The number of sulfonamides is 1. The van der Waals surface area contributed by atoms with Gasteiger partial charge in [-0.25, -0.2) is 8.42 Å². The number of rotatable bonds is 11. The van der Waals surface area contributed by atoms with Gasteiger partial charge in [0, 0.05) is 23.1 Å². The molecule has 3 aromatic rings. The van der Waals surface area contributed by atoms with Crippen molar-refractivity contribution < 1.29 is 18.0 Å². The highest BCUT2D eigenvalue weighted by molar-refractivity contribution is 7.92. The topological polar surface area (TPSA) is 86.8 Å². The van der Waals surface area contributed by atoms with Crippen molar-refractivity contribution in [3.05, 3.63) is 92.4 Å². The molecule has 1 N–H and O–H groups in total. The fourth-order valence-corrected chi connectivity index (χ4v) is 6.15. The number of halogens is 4. The lowest BCUT2D eigenvalue weighted by molar-refractivity contribution is -0.139. The first-order chi connectivity index (χ1) is 18.8. The Balaban J connectivity index is 2.07. The lowest BCUT2D eigenvalue weighted by atomic mass is 10.1. The van der Waals surface area contributed by atoms with E-state index in [-0.39, 0.29) is 33.1 Å². The van der Waals surface area contributed by atoms with E-state index in [1.807, 2.05) is 13.8 Å². The normalized spacial score (nSPS) is 12.2. The molecule has 40 heavy (non-hydrogen) atoms. The van der Waals surface area contributed by atoms with Gasteiger partial charge in [-0.1, -0.05) is 90.6 Å². The molecule has 0 heterocycles. The summed E-state index contributed by atoms with van der Waals surface area (Å²) >= 11 is 25.1. The molecule has 0 saturated carbocycles. The van der Waals surface area contributed by atoms with E-state index in [1.54, 1.807) is 37.3 Å². The number of nitrogens with zero attached hydrogens (tertiary/aromatic N) is 2. The second-order valence-corrected chi connectivity index (χ2v) is 13.0. The molecule has 214 valence electrons. The lowest BCUT2D eigenvalue weighted by Gasteiger charge is -2.32. The van der Waals surface area contributed by atoms with Crippen LogP contribution in [0.5, 0.6) is 0 Å². The fourth-order valence-electron chi connectivity index (χ4n) is 3.79. The van der Waals surface area contributed by atoms with E-state index in [2.05, 4.69) is 5.32 Å². The van der Waals surface area contributed by atoms with Crippen LogP contribution in [0.1, 0.15) is 26.3 Å². The Labute approximate surface area is 255 Å². The molecule has 3 rings (SSSR count). The Bertz CT molecular complexity index is 1470. The summed E-state index contributed by atoms with van der Waals surface area (Å²) in [7, 11) is -4.28. The van der Waals surface area contributed by atoms with Gasteiger partial charge in [-0.3, -0.25) is 13.9 Å². The van der Waals surface area contributed by atoms with Crippen LogP contribution in [0, 0.1) is 5.92 Å². The quantitative estimate of drug-likeness (QED) is 0.252. The highest BCUT2D eigenvalue weighted by Crippen LogP contribution is 2.35. The zero-order chi connectivity index (χ0) is 29.6. The minimum atomic E-state index is -4.28. The summed E-state index contributed by atoms with van der Waals surface area (Å²) < 4.78 is 28.5. The minimum Gasteiger partial charge on any atom is -0.354 e. The Morgan fingerprint density at radius 3 is 2.17 bits per heavy atom. The molecule has 12 heteroatoms. The predicted octanol–water partition coefficient (Wildman–Crippen LogP) is 6.69. The first kappa shape index (κ1) is 32.0. The molecule has 0 unspecified atom stereocenters. The van der Waals surface area contributed by atoms with Crippen molar-refractivity contribution >= 4 is 73.9 Å². The summed E-state index contributed by atoms with van der Waals surface area (Å²) in [5, 5.41) is 3.61. The summed E-state index contributed by atoms with van der Waals surface area (Å²) in [6.45, 7) is 5.13. The van der Waals surface area contributed by atoms with Crippen LogP contribution in [-0.2, 0) is 26.2 Å². The largest absolute Gasteiger partial charge is 0.354 e. The highest BCUT2D eigenvalue weighted by Gasteiger charge is 2.34. The molecule has 2 amide bonds. The number of carbonyl (C=O) groups excluding carboxylic acids is 2. The van der Waals surface area contributed by atoms with E-state index >= 15 is 0 Å². The van der Waals surface area contributed by atoms with Gasteiger partial charge in [0.05, 0.1) is 20.6 Å². The molecule has 0 aliphatic carbocycles. The van der Waals surface area contributed by atoms with Crippen LogP contribution in [0.4, 0.5) is 5.69 Å². The van der Waals surface area contributed by atoms with Crippen molar-refractivity contribution in [1.82, 2.24) is 10.2 Å². The number of benzene rings is 3. The molecule has 0 aliphatic heterocycles. The van der Waals surface area contributed by atoms with Crippen molar-refractivity contribution in [1.29, 1.82) is 0 Å². The third kappa shape index (κ3) is 7.83. The summed E-state index contributed by atoms with van der Waals surface area (Å²) in [6.07, 6.45) is 0. The number of hydrogen-bond donors (Lipinski definition) is 1. The average molecular weight is 645 g/mol. The van der Waals surface area contributed by atoms with E-state index in [0.29, 0.717) is 22.2 Å². The van der Waals surface area contributed by atoms with Crippen LogP contribution in [0.3, 0.4) is 0 Å². The van der Waals surface area contributed by atoms with Crippen LogP contribution in [0.2, 0.25) is 20.1 Å². The highest BCUT2D eigenvalue weighted by atomic mass is 35.5. The standard InChI is InChI=1S/C28H29Cl4N3O4S/c1-18(2)15-33-28(37)19(3)34(16-20-12-13-21(29)14-24(20)31)26(36)17-35(25-11-7-10-23(30)27(25)32)40(38,39)22-8-5-4-6-9-22/h4-14,18-19H,15-17H2,1-3H3,(H,33,37)/t19-/m0/s1. The Morgan fingerprint density at radius 2 is 1.55 bits per heavy atom. The smallest absolute Gasteiger partial charge is 0.264 e. The Morgan fingerprint density at radius 1 is 0.875 bits per heavy atom. The number of anilines is 1. The van der Waals surface area contributed by atoms with Gasteiger partial charge in [-0.05, 0) is 54.8 Å². The molecule has 3 aromatic carbocycles. The van der Waals surface area contributed by atoms with Crippen LogP contribution in [0.15, 0.2) is 71.6 Å². The van der Waals surface area contributed by atoms with E-state index < -0.39 is 34.4 Å². The molecule has 0 fully saturated rings. The van der Waals surface area contributed by atoms with Crippen LogP contribution >= 0.6 is 46.4 Å². The molecule has 0 radical (unpaired) electrons. The molecule has 1 atom stereocenters. The van der Waals surface area contributed by atoms with Gasteiger partial charge in [0.15, 0.2) is 0 Å². The SMILES string of the molecule is CC(C)CNC(=O)[C@H](C)N(Cc1ccc(Cl)cc1Cl)C(=O)CN(c1cccc(Cl)c1Cl)S(=O)(=O)c1ccccc1. The van der Waals surface area contributed by atoms with E-state index in [9.17, 15) is 18.0 Å². The van der Waals surface area contributed by atoms with Crippen molar-refractivity contribution in [2.24, 2.45) is 5.92 Å². The summed E-state index contributed by atoms with van der Waals surface area (Å²) in [4.78, 5) is 28.3. The van der Waals surface area contributed by atoms with Gasteiger partial charge in [0.25, 0.3) is 10.0 Å². The second kappa shape index (κ2) is 13.9. The molecular weight excluding hydrogens is 616 g/mol.